The van der Waals surface area contributed by atoms with Gasteiger partial charge in [0.2, 0.25) is 0 Å². The van der Waals surface area contributed by atoms with Crippen LogP contribution in [0.1, 0.15) is 0 Å². The molecule has 0 aliphatic rings. The van der Waals surface area contributed by atoms with E-state index in [2.05, 4.69) is 205 Å². The van der Waals surface area contributed by atoms with Crippen LogP contribution in [0.4, 0.5) is 0 Å². The summed E-state index contributed by atoms with van der Waals surface area (Å²) < 4.78 is 4.91. The van der Waals surface area contributed by atoms with Gasteiger partial charge < -0.3 is 4.57 Å². The zero-order valence-corrected chi connectivity index (χ0v) is 35.3. The van der Waals surface area contributed by atoms with Crippen molar-refractivity contribution < 1.29 is 0 Å². The van der Waals surface area contributed by atoms with E-state index in [9.17, 15) is 0 Å². The molecule has 0 radical (unpaired) electrons. The zero-order valence-electron chi connectivity index (χ0n) is 34.5. The molecule has 0 bridgehead atoms. The molecule has 0 N–H and O–H groups in total. The van der Waals surface area contributed by atoms with Gasteiger partial charge in [-0.2, -0.15) is 0 Å². The van der Waals surface area contributed by atoms with E-state index >= 15 is 0 Å². The van der Waals surface area contributed by atoms with Gasteiger partial charge in [0.15, 0.2) is 5.82 Å². The van der Waals surface area contributed by atoms with Gasteiger partial charge in [0.1, 0.15) is 0 Å². The van der Waals surface area contributed by atoms with Crippen molar-refractivity contribution in [3.8, 4) is 62.0 Å². The number of thiophene rings is 1. The van der Waals surface area contributed by atoms with Crippen LogP contribution in [0, 0.1) is 0 Å². The lowest BCUT2D eigenvalue weighted by molar-refractivity contribution is 1.16. The Morgan fingerprint density at radius 1 is 0.359 bits per heavy atom. The lowest BCUT2D eigenvalue weighted by atomic mass is 9.97. The molecule has 4 aromatic heterocycles. The summed E-state index contributed by atoms with van der Waals surface area (Å²) in [4.78, 5) is 15.8. The van der Waals surface area contributed by atoms with Crippen LogP contribution in [0.15, 0.2) is 218 Å². The fourth-order valence-corrected chi connectivity index (χ4v) is 10.8. The van der Waals surface area contributed by atoms with Gasteiger partial charge in [-0.3, -0.25) is 0 Å². The van der Waals surface area contributed by atoms with E-state index in [1.165, 1.54) is 58.1 Å². The quantitative estimate of drug-likeness (QED) is 0.157. The number of aromatic nitrogens is 4. The van der Waals surface area contributed by atoms with Crippen LogP contribution in [0.25, 0.3) is 126 Å². The van der Waals surface area contributed by atoms with E-state index in [1.807, 2.05) is 29.5 Å². The smallest absolute Gasteiger partial charge is 0.160 e. The second-order valence-electron chi connectivity index (χ2n) is 16.3. The third-order valence-corrected chi connectivity index (χ3v) is 13.8. The molecular formula is C59H36N4S. The maximum absolute atomic E-state index is 5.46. The molecule has 0 aliphatic heterocycles. The Hall–Kier alpha value is -8.25. The number of benzene rings is 9. The number of rotatable bonds is 6. The summed E-state index contributed by atoms with van der Waals surface area (Å²) in [7, 11) is 0. The molecule has 0 unspecified atom stereocenters. The van der Waals surface area contributed by atoms with Crippen molar-refractivity contribution in [1.29, 1.82) is 0 Å². The molecule has 13 aromatic rings. The largest absolute Gasteiger partial charge is 0.309 e. The Morgan fingerprint density at radius 3 is 1.67 bits per heavy atom. The lowest BCUT2D eigenvalue weighted by Gasteiger charge is -2.13. The predicted molar refractivity (Wildman–Crippen MR) is 269 cm³/mol. The third-order valence-electron chi connectivity index (χ3n) is 12.6. The minimum absolute atomic E-state index is 0.692. The molecule has 0 saturated carbocycles. The summed E-state index contributed by atoms with van der Waals surface area (Å²) in [5.41, 5.74) is 13.7. The molecule has 298 valence electrons. The SMILES string of the molecule is c1ccc(-c2nc(-c3ccc(-c4ccc(-c5nc6c7ccccc7ccc6c6sc7ccccc7c56)cc4)cc3)cc(-c3cccc(-n4c5ccccc5c5ccccc54)c3)n2)cc1. The standard InChI is InChI=1S/C59H36N4S/c1-2-14-42(15-3-1)59-60-50(36-51(61-59)43-16-12-17-44(35-43)63-52-22-9-6-19-46(52)47-20-7-10-23-53(47)63)40-29-25-37(26-30-40)38-27-31-41(32-28-38)56-55-48-21-8-11-24-54(48)64-58(55)49-34-33-39-13-4-5-18-45(39)57(49)62-56/h1-36H. The van der Waals surface area contributed by atoms with Crippen molar-refractivity contribution in [3.05, 3.63) is 218 Å². The van der Waals surface area contributed by atoms with E-state index in [1.54, 1.807) is 0 Å². The first-order valence-corrected chi connectivity index (χ1v) is 22.4. The van der Waals surface area contributed by atoms with Crippen molar-refractivity contribution in [3.63, 3.8) is 0 Å². The minimum Gasteiger partial charge on any atom is -0.309 e. The van der Waals surface area contributed by atoms with Crippen molar-refractivity contribution in [2.45, 2.75) is 0 Å². The number of fused-ring (bicyclic) bond motifs is 10. The van der Waals surface area contributed by atoms with Crippen LogP contribution in [0.5, 0.6) is 0 Å². The molecule has 0 amide bonds. The van der Waals surface area contributed by atoms with Gasteiger partial charge in [-0.25, -0.2) is 15.0 Å². The molecule has 64 heavy (non-hydrogen) atoms. The number of hydrogen-bond donors (Lipinski definition) is 0. The molecule has 4 nitrogen and oxygen atoms in total. The van der Waals surface area contributed by atoms with Crippen molar-refractivity contribution in [1.82, 2.24) is 19.5 Å². The number of para-hydroxylation sites is 2. The molecule has 0 fully saturated rings. The topological polar surface area (TPSA) is 43.6 Å². The summed E-state index contributed by atoms with van der Waals surface area (Å²) in [6, 6.07) is 77.7. The van der Waals surface area contributed by atoms with Crippen LogP contribution in [0.3, 0.4) is 0 Å². The average Bonchev–Trinajstić information content (AvgIpc) is 3.93. The summed E-state index contributed by atoms with van der Waals surface area (Å²) in [6.45, 7) is 0. The highest BCUT2D eigenvalue weighted by molar-refractivity contribution is 7.26. The maximum Gasteiger partial charge on any atom is 0.160 e. The molecule has 0 aliphatic carbocycles. The molecule has 13 rings (SSSR count). The highest BCUT2D eigenvalue weighted by Gasteiger charge is 2.19. The highest BCUT2D eigenvalue weighted by atomic mass is 32.1. The molecule has 0 atom stereocenters. The normalized spacial score (nSPS) is 11.8. The first kappa shape index (κ1) is 36.4. The second kappa shape index (κ2) is 14.7. The second-order valence-corrected chi connectivity index (χ2v) is 17.4. The van der Waals surface area contributed by atoms with Crippen molar-refractivity contribution in [2.24, 2.45) is 0 Å². The fraction of sp³-hybridized carbons (Fsp3) is 0. The molecular weight excluding hydrogens is 797 g/mol. The Kier molecular flexibility index (Phi) is 8.36. The molecule has 9 aromatic carbocycles. The molecule has 4 heterocycles. The van der Waals surface area contributed by atoms with Crippen molar-refractivity contribution in [2.75, 3.05) is 0 Å². The van der Waals surface area contributed by atoms with Gasteiger partial charge in [0.05, 0.1) is 33.6 Å². The Morgan fingerprint density at radius 2 is 0.938 bits per heavy atom. The summed E-state index contributed by atoms with van der Waals surface area (Å²) in [6.07, 6.45) is 0. The third kappa shape index (κ3) is 5.93. The summed E-state index contributed by atoms with van der Waals surface area (Å²) in [5, 5.41) is 8.53. The van der Waals surface area contributed by atoms with Crippen LogP contribution in [-0.4, -0.2) is 19.5 Å². The van der Waals surface area contributed by atoms with Gasteiger partial charge in [0, 0.05) is 69.7 Å². The number of pyridine rings is 1. The Labute approximate surface area is 373 Å². The molecule has 5 heteroatoms. The minimum atomic E-state index is 0.692. The molecule has 0 saturated heterocycles. The monoisotopic (exact) mass is 832 g/mol. The number of hydrogen-bond acceptors (Lipinski definition) is 4. The van der Waals surface area contributed by atoms with Crippen LogP contribution < -0.4 is 0 Å². The van der Waals surface area contributed by atoms with E-state index < -0.39 is 0 Å². The summed E-state index contributed by atoms with van der Waals surface area (Å²) >= 11 is 1.86. The van der Waals surface area contributed by atoms with E-state index in [0.29, 0.717) is 5.82 Å². The van der Waals surface area contributed by atoms with Gasteiger partial charge in [-0.1, -0.05) is 182 Å². The lowest BCUT2D eigenvalue weighted by Crippen LogP contribution is -1.97. The maximum atomic E-state index is 5.46. The first-order valence-electron chi connectivity index (χ1n) is 21.6. The van der Waals surface area contributed by atoms with Gasteiger partial charge in [0.25, 0.3) is 0 Å². The van der Waals surface area contributed by atoms with Crippen LogP contribution >= 0.6 is 11.3 Å². The van der Waals surface area contributed by atoms with Crippen LogP contribution in [0.2, 0.25) is 0 Å². The van der Waals surface area contributed by atoms with Gasteiger partial charge in [-0.15, -0.1) is 11.3 Å². The fourth-order valence-electron chi connectivity index (χ4n) is 9.52. The van der Waals surface area contributed by atoms with E-state index in [4.69, 9.17) is 15.0 Å². The van der Waals surface area contributed by atoms with Crippen LogP contribution in [-0.2, 0) is 0 Å². The first-order chi connectivity index (χ1) is 31.7. The predicted octanol–water partition coefficient (Wildman–Crippen LogP) is 16.0. The Balaban J connectivity index is 0.879. The Bertz CT molecular complexity index is 3890. The summed E-state index contributed by atoms with van der Waals surface area (Å²) in [5.74, 6) is 0.692. The van der Waals surface area contributed by atoms with E-state index in [0.717, 1.165) is 61.7 Å². The van der Waals surface area contributed by atoms with Gasteiger partial charge in [-0.05, 0) is 52.9 Å². The molecule has 0 spiro atoms. The average molecular weight is 833 g/mol. The zero-order chi connectivity index (χ0) is 42.1. The van der Waals surface area contributed by atoms with E-state index in [-0.39, 0.29) is 0 Å². The highest BCUT2D eigenvalue weighted by Crippen LogP contribution is 2.44. The van der Waals surface area contributed by atoms with Gasteiger partial charge >= 0.3 is 0 Å². The van der Waals surface area contributed by atoms with Crippen molar-refractivity contribution >= 4 is 75.0 Å². The number of nitrogens with zero attached hydrogens (tertiary/aromatic N) is 4.